The highest BCUT2D eigenvalue weighted by Gasteiger charge is 2.22. The highest BCUT2D eigenvalue weighted by molar-refractivity contribution is 8.23. The van der Waals surface area contributed by atoms with Crippen LogP contribution in [-0.4, -0.2) is 28.7 Å². The lowest BCUT2D eigenvalue weighted by atomic mass is 10.7. The van der Waals surface area contributed by atoms with Crippen molar-refractivity contribution in [3.05, 3.63) is 0 Å². The molecule has 0 heterocycles. The first-order chi connectivity index (χ1) is 6.22. The van der Waals surface area contributed by atoms with Crippen molar-refractivity contribution < 1.29 is 9.53 Å². The molecule has 0 unspecified atom stereocenters. The molecule has 0 aromatic carbocycles. The van der Waals surface area contributed by atoms with Crippen molar-refractivity contribution in [2.45, 2.75) is 25.8 Å². The topological polar surface area (TPSA) is 38.3 Å². The van der Waals surface area contributed by atoms with Crippen LogP contribution in [0.1, 0.15) is 19.8 Å². The van der Waals surface area contributed by atoms with E-state index in [1.54, 1.807) is 6.92 Å². The van der Waals surface area contributed by atoms with Crippen molar-refractivity contribution >= 4 is 34.3 Å². The van der Waals surface area contributed by atoms with Gasteiger partial charge >= 0.3 is 5.97 Å². The van der Waals surface area contributed by atoms with E-state index in [-0.39, 0.29) is 5.97 Å². The predicted molar refractivity (Wildman–Crippen MR) is 57.8 cm³/mol. The first-order valence-electron chi connectivity index (χ1n) is 4.31. The normalized spacial score (nSPS) is 15.2. The van der Waals surface area contributed by atoms with Gasteiger partial charge in [0.2, 0.25) is 0 Å². The molecule has 0 atom stereocenters. The Kier molecular flexibility index (Phi) is 4.52. The zero-order chi connectivity index (χ0) is 9.68. The molecular formula is C8H13NO2S2. The summed E-state index contributed by atoms with van der Waals surface area (Å²) < 4.78 is 5.47. The molecule has 0 amide bonds. The van der Waals surface area contributed by atoms with E-state index in [2.05, 4.69) is 5.32 Å². The molecule has 1 rings (SSSR count). The van der Waals surface area contributed by atoms with Crippen LogP contribution in [0.2, 0.25) is 0 Å². The molecule has 1 aliphatic carbocycles. The molecule has 74 valence electrons. The number of esters is 1. The third kappa shape index (κ3) is 5.10. The van der Waals surface area contributed by atoms with Crippen LogP contribution in [-0.2, 0) is 9.53 Å². The lowest BCUT2D eigenvalue weighted by molar-refractivity contribution is -0.139. The molecule has 13 heavy (non-hydrogen) atoms. The van der Waals surface area contributed by atoms with Gasteiger partial charge in [-0.3, -0.25) is 4.79 Å². The Bertz CT molecular complexity index is 204. The highest BCUT2D eigenvalue weighted by atomic mass is 32.2. The summed E-state index contributed by atoms with van der Waals surface area (Å²) in [6, 6.07) is 0.558. The van der Waals surface area contributed by atoms with Gasteiger partial charge in [0, 0.05) is 6.04 Å². The molecule has 1 fully saturated rings. The van der Waals surface area contributed by atoms with Crippen LogP contribution in [0.3, 0.4) is 0 Å². The third-order valence-corrected chi connectivity index (χ3v) is 2.76. The summed E-state index contributed by atoms with van der Waals surface area (Å²) >= 11 is 6.36. The smallest absolute Gasteiger partial charge is 0.316 e. The zero-order valence-corrected chi connectivity index (χ0v) is 9.17. The van der Waals surface area contributed by atoms with Crippen molar-refractivity contribution in [3.63, 3.8) is 0 Å². The van der Waals surface area contributed by atoms with Crippen molar-refractivity contribution in [3.8, 4) is 0 Å². The van der Waals surface area contributed by atoms with Gasteiger partial charge in [0.25, 0.3) is 0 Å². The highest BCUT2D eigenvalue weighted by Crippen LogP contribution is 2.20. The largest absolute Gasteiger partial charge is 0.465 e. The van der Waals surface area contributed by atoms with Crippen LogP contribution in [0, 0.1) is 0 Å². The van der Waals surface area contributed by atoms with Crippen LogP contribution in [0.4, 0.5) is 0 Å². The molecule has 0 saturated heterocycles. The van der Waals surface area contributed by atoms with Gasteiger partial charge in [0.15, 0.2) is 0 Å². The van der Waals surface area contributed by atoms with E-state index in [9.17, 15) is 4.79 Å². The summed E-state index contributed by atoms with van der Waals surface area (Å²) in [7, 11) is 0. The minimum absolute atomic E-state index is 0.201. The summed E-state index contributed by atoms with van der Waals surface area (Å²) in [5, 5.41) is 3.14. The fourth-order valence-electron chi connectivity index (χ4n) is 0.763. The van der Waals surface area contributed by atoms with Gasteiger partial charge in [-0.15, -0.1) is 0 Å². The fourth-order valence-corrected chi connectivity index (χ4v) is 1.69. The first kappa shape index (κ1) is 10.8. The second-order valence-electron chi connectivity index (χ2n) is 2.80. The summed E-state index contributed by atoms with van der Waals surface area (Å²) in [4.78, 5) is 10.9. The molecule has 3 nitrogen and oxygen atoms in total. The average molecular weight is 219 g/mol. The number of carbonyl (C=O) groups excluding carboxylic acids is 1. The van der Waals surface area contributed by atoms with Gasteiger partial charge in [-0.1, -0.05) is 24.0 Å². The van der Waals surface area contributed by atoms with E-state index in [0.29, 0.717) is 22.7 Å². The monoisotopic (exact) mass is 219 g/mol. The number of nitrogens with one attached hydrogen (secondary N) is 1. The summed E-state index contributed by atoms with van der Waals surface area (Å²) in [6.07, 6.45) is 2.39. The third-order valence-electron chi connectivity index (χ3n) is 1.53. The Morgan fingerprint density at radius 1 is 1.69 bits per heavy atom. The molecule has 1 aliphatic rings. The van der Waals surface area contributed by atoms with Crippen molar-refractivity contribution in [2.75, 3.05) is 12.4 Å². The van der Waals surface area contributed by atoms with Crippen LogP contribution >= 0.6 is 24.0 Å². The molecule has 1 N–H and O–H groups in total. The molecule has 0 aliphatic heterocycles. The maximum Gasteiger partial charge on any atom is 0.316 e. The van der Waals surface area contributed by atoms with Gasteiger partial charge in [-0.2, -0.15) is 0 Å². The summed E-state index contributed by atoms with van der Waals surface area (Å²) in [6.45, 7) is 2.23. The SMILES string of the molecule is CCOC(=O)CSC(=S)NC1CC1. The lowest BCUT2D eigenvalue weighted by Gasteiger charge is -2.04. The first-order valence-corrected chi connectivity index (χ1v) is 5.70. The van der Waals surface area contributed by atoms with Gasteiger partial charge < -0.3 is 10.1 Å². The van der Waals surface area contributed by atoms with Crippen molar-refractivity contribution in [1.29, 1.82) is 0 Å². The van der Waals surface area contributed by atoms with Gasteiger partial charge in [0.05, 0.1) is 12.4 Å². The predicted octanol–water partition coefficient (Wildman–Crippen LogP) is 1.32. The molecule has 0 bridgehead atoms. The van der Waals surface area contributed by atoms with E-state index in [0.717, 1.165) is 0 Å². The second kappa shape index (κ2) is 5.44. The maximum atomic E-state index is 10.9. The van der Waals surface area contributed by atoms with E-state index in [1.807, 2.05) is 0 Å². The van der Waals surface area contributed by atoms with Crippen LogP contribution in [0.15, 0.2) is 0 Å². The van der Waals surface area contributed by atoms with Gasteiger partial charge in [0.1, 0.15) is 4.32 Å². The standard InChI is InChI=1S/C8H13NO2S2/c1-2-11-7(10)5-13-8(12)9-6-3-4-6/h6H,2-5H2,1H3,(H,9,12). The minimum Gasteiger partial charge on any atom is -0.465 e. The number of carbonyl (C=O) groups is 1. The number of hydrogen-bond acceptors (Lipinski definition) is 4. The second-order valence-corrected chi connectivity index (χ2v) is 4.45. The molecule has 0 radical (unpaired) electrons. The van der Waals surface area contributed by atoms with Crippen LogP contribution in [0.25, 0.3) is 0 Å². The number of ether oxygens (including phenoxy) is 1. The van der Waals surface area contributed by atoms with Crippen molar-refractivity contribution in [2.24, 2.45) is 0 Å². The van der Waals surface area contributed by atoms with Gasteiger partial charge in [-0.05, 0) is 19.8 Å². The molecule has 1 saturated carbocycles. The minimum atomic E-state index is -0.201. The Labute approximate surface area is 87.6 Å². The van der Waals surface area contributed by atoms with E-state index in [1.165, 1.54) is 24.6 Å². The Morgan fingerprint density at radius 3 is 2.92 bits per heavy atom. The van der Waals surface area contributed by atoms with Crippen LogP contribution in [0.5, 0.6) is 0 Å². The Hall–Kier alpha value is -0.290. The molecule has 5 heteroatoms. The molecule has 0 spiro atoms. The van der Waals surface area contributed by atoms with E-state index in [4.69, 9.17) is 17.0 Å². The van der Waals surface area contributed by atoms with E-state index >= 15 is 0 Å². The Morgan fingerprint density at radius 2 is 2.38 bits per heavy atom. The Balaban J connectivity index is 2.02. The summed E-state index contributed by atoms with van der Waals surface area (Å²) in [5.74, 6) is 0.110. The number of thiocarbonyl (C=S) groups is 1. The average Bonchev–Trinajstić information content (AvgIpc) is 2.85. The maximum absolute atomic E-state index is 10.9. The van der Waals surface area contributed by atoms with Gasteiger partial charge in [-0.25, -0.2) is 0 Å². The molecule has 0 aromatic heterocycles. The summed E-state index contributed by atoms with van der Waals surface area (Å²) in [5.41, 5.74) is 0. The lowest BCUT2D eigenvalue weighted by Crippen LogP contribution is -2.22. The van der Waals surface area contributed by atoms with E-state index < -0.39 is 0 Å². The number of hydrogen-bond donors (Lipinski definition) is 1. The van der Waals surface area contributed by atoms with Crippen molar-refractivity contribution in [1.82, 2.24) is 5.32 Å². The number of thioether (sulfide) groups is 1. The molecule has 0 aromatic rings. The fraction of sp³-hybridized carbons (Fsp3) is 0.750. The quantitative estimate of drug-likeness (QED) is 0.570. The zero-order valence-electron chi connectivity index (χ0n) is 7.54. The molecular weight excluding hydrogens is 206 g/mol. The van der Waals surface area contributed by atoms with Crippen LogP contribution < -0.4 is 5.32 Å². The number of rotatable bonds is 4.